The molecule has 2 unspecified atom stereocenters. The quantitative estimate of drug-likeness (QED) is 0.715. The number of hydrogen-bond donors (Lipinski definition) is 1. The van der Waals surface area contributed by atoms with Crippen LogP contribution in [0.5, 0.6) is 0 Å². The van der Waals surface area contributed by atoms with Gasteiger partial charge in [-0.15, -0.1) is 0 Å². The number of hydrogen-bond acceptors (Lipinski definition) is 1. The molecule has 0 aromatic carbocycles. The maximum Gasteiger partial charge on any atom is 0.0131 e. The van der Waals surface area contributed by atoms with Gasteiger partial charge in [0.2, 0.25) is 0 Å². The lowest BCUT2D eigenvalue weighted by atomic mass is 9.79. The third kappa shape index (κ3) is 1.76. The van der Waals surface area contributed by atoms with Crippen molar-refractivity contribution in [3.63, 3.8) is 0 Å². The highest BCUT2D eigenvalue weighted by atomic mass is 14.9. The van der Waals surface area contributed by atoms with Gasteiger partial charge < -0.3 is 5.73 Å². The van der Waals surface area contributed by atoms with E-state index in [-0.39, 0.29) is 0 Å². The van der Waals surface area contributed by atoms with Gasteiger partial charge in [-0.25, -0.2) is 0 Å². The van der Waals surface area contributed by atoms with Crippen LogP contribution >= 0.6 is 0 Å². The molecule has 0 bridgehead atoms. The Labute approximate surface area is 83.1 Å². The highest BCUT2D eigenvalue weighted by molar-refractivity contribution is 5.12. The topological polar surface area (TPSA) is 26.0 Å². The van der Waals surface area contributed by atoms with Crippen molar-refractivity contribution in [2.75, 3.05) is 0 Å². The molecule has 1 rings (SSSR count). The van der Waals surface area contributed by atoms with Gasteiger partial charge in [0.05, 0.1) is 0 Å². The second kappa shape index (κ2) is 3.27. The van der Waals surface area contributed by atoms with E-state index in [0.29, 0.717) is 11.5 Å². The van der Waals surface area contributed by atoms with Crippen molar-refractivity contribution in [2.45, 2.75) is 47.6 Å². The lowest BCUT2D eigenvalue weighted by Gasteiger charge is -2.26. The molecule has 2 atom stereocenters. The van der Waals surface area contributed by atoms with E-state index in [2.05, 4.69) is 41.5 Å². The third-order valence-electron chi connectivity index (χ3n) is 3.95. The molecule has 1 fully saturated rings. The van der Waals surface area contributed by atoms with Crippen LogP contribution in [0.2, 0.25) is 0 Å². The lowest BCUT2D eigenvalue weighted by Crippen LogP contribution is -2.22. The van der Waals surface area contributed by atoms with E-state index in [1.165, 1.54) is 0 Å². The fraction of sp³-hybridized carbons (Fsp3) is 1.00. The van der Waals surface area contributed by atoms with Crippen LogP contribution in [0.15, 0.2) is 0 Å². The predicted molar refractivity (Wildman–Crippen MR) is 58.4 cm³/mol. The first-order valence-corrected chi connectivity index (χ1v) is 5.55. The molecule has 0 heterocycles. The van der Waals surface area contributed by atoms with Gasteiger partial charge in [0, 0.05) is 6.04 Å². The Hall–Kier alpha value is -0.0400. The van der Waals surface area contributed by atoms with Crippen molar-refractivity contribution in [1.82, 2.24) is 0 Å². The largest absolute Gasteiger partial charge is 0.327 e. The second-order valence-electron chi connectivity index (χ2n) is 5.94. The van der Waals surface area contributed by atoms with Crippen LogP contribution in [0.4, 0.5) is 0 Å². The summed E-state index contributed by atoms with van der Waals surface area (Å²) in [4.78, 5) is 0. The van der Waals surface area contributed by atoms with E-state index >= 15 is 0 Å². The smallest absolute Gasteiger partial charge is 0.0131 e. The Kier molecular flexibility index (Phi) is 2.78. The van der Waals surface area contributed by atoms with Crippen LogP contribution < -0.4 is 5.73 Å². The second-order valence-corrected chi connectivity index (χ2v) is 5.94. The molecule has 0 aromatic rings. The Morgan fingerprint density at radius 2 is 1.31 bits per heavy atom. The maximum atomic E-state index is 6.12. The average Bonchev–Trinajstić information content (AvgIpc) is 2.37. The zero-order valence-electron chi connectivity index (χ0n) is 9.96. The molecular formula is C12H25N. The molecule has 13 heavy (non-hydrogen) atoms. The van der Waals surface area contributed by atoms with Crippen molar-refractivity contribution in [1.29, 1.82) is 0 Å². The van der Waals surface area contributed by atoms with Crippen LogP contribution in [0.25, 0.3) is 0 Å². The van der Waals surface area contributed by atoms with Crippen molar-refractivity contribution >= 4 is 0 Å². The molecule has 1 nitrogen and oxygen atoms in total. The highest BCUT2D eigenvalue weighted by Crippen LogP contribution is 2.57. The van der Waals surface area contributed by atoms with Gasteiger partial charge in [-0.1, -0.05) is 41.5 Å². The number of rotatable bonds is 3. The zero-order valence-corrected chi connectivity index (χ0v) is 9.96. The highest BCUT2D eigenvalue weighted by Gasteiger charge is 2.59. The van der Waals surface area contributed by atoms with Gasteiger partial charge in [-0.2, -0.15) is 0 Å². The monoisotopic (exact) mass is 183 g/mol. The first-order chi connectivity index (χ1) is 5.80. The molecule has 78 valence electrons. The summed E-state index contributed by atoms with van der Waals surface area (Å²) in [5, 5.41) is 0. The van der Waals surface area contributed by atoms with E-state index in [4.69, 9.17) is 5.73 Å². The molecule has 0 aromatic heterocycles. The lowest BCUT2D eigenvalue weighted by molar-refractivity contribution is 0.224. The third-order valence-corrected chi connectivity index (χ3v) is 3.95. The fourth-order valence-corrected chi connectivity index (χ4v) is 3.05. The Balaban J connectivity index is 2.70. The summed E-state index contributed by atoms with van der Waals surface area (Å²) < 4.78 is 0. The van der Waals surface area contributed by atoms with Gasteiger partial charge in [-0.05, 0) is 29.1 Å². The molecule has 0 saturated heterocycles. The van der Waals surface area contributed by atoms with Crippen LogP contribution in [0, 0.1) is 29.1 Å². The van der Waals surface area contributed by atoms with Crippen LogP contribution in [0.1, 0.15) is 41.5 Å². The predicted octanol–water partition coefficient (Wildman–Crippen LogP) is 2.90. The van der Waals surface area contributed by atoms with Gasteiger partial charge in [-0.3, -0.25) is 0 Å². The van der Waals surface area contributed by atoms with E-state index in [1.807, 2.05) is 0 Å². The van der Waals surface area contributed by atoms with E-state index in [9.17, 15) is 0 Å². The van der Waals surface area contributed by atoms with E-state index in [0.717, 1.165) is 23.7 Å². The molecule has 1 saturated carbocycles. The summed E-state index contributed by atoms with van der Waals surface area (Å²) in [6, 6.07) is 0.433. The van der Waals surface area contributed by atoms with Crippen LogP contribution in [-0.4, -0.2) is 6.04 Å². The standard InChI is InChI=1S/C12H25N/c1-7(2)9(8(3)4)10-11(13)12(10,5)6/h7-11H,13H2,1-6H3. The minimum atomic E-state index is 0.388. The molecule has 1 aliphatic rings. The molecular weight excluding hydrogens is 158 g/mol. The maximum absolute atomic E-state index is 6.12. The Morgan fingerprint density at radius 1 is 1.00 bits per heavy atom. The summed E-state index contributed by atoms with van der Waals surface area (Å²) in [5.74, 6) is 3.06. The van der Waals surface area contributed by atoms with E-state index < -0.39 is 0 Å². The molecule has 0 aliphatic heterocycles. The SMILES string of the molecule is CC(C)C(C(C)C)C1C(N)C1(C)C. The average molecular weight is 183 g/mol. The van der Waals surface area contributed by atoms with Crippen LogP contribution in [0.3, 0.4) is 0 Å². The normalized spacial score (nSPS) is 31.8. The molecule has 0 spiro atoms. The molecule has 0 radical (unpaired) electrons. The van der Waals surface area contributed by atoms with Gasteiger partial charge in [0.1, 0.15) is 0 Å². The summed E-state index contributed by atoms with van der Waals surface area (Å²) in [6.07, 6.45) is 0. The van der Waals surface area contributed by atoms with Crippen molar-refractivity contribution in [2.24, 2.45) is 34.8 Å². The summed E-state index contributed by atoms with van der Waals surface area (Å²) in [7, 11) is 0. The van der Waals surface area contributed by atoms with Gasteiger partial charge in [0.25, 0.3) is 0 Å². The Morgan fingerprint density at radius 3 is 1.38 bits per heavy atom. The minimum Gasteiger partial charge on any atom is -0.327 e. The summed E-state index contributed by atoms with van der Waals surface area (Å²) in [5.41, 5.74) is 6.51. The Bertz CT molecular complexity index is 174. The molecule has 0 amide bonds. The molecule has 1 aliphatic carbocycles. The van der Waals surface area contributed by atoms with Crippen LogP contribution in [-0.2, 0) is 0 Å². The zero-order chi connectivity index (χ0) is 10.4. The number of nitrogens with two attached hydrogens (primary N) is 1. The first kappa shape index (κ1) is 11.0. The van der Waals surface area contributed by atoms with Gasteiger partial charge >= 0.3 is 0 Å². The fourth-order valence-electron chi connectivity index (χ4n) is 3.05. The summed E-state index contributed by atoms with van der Waals surface area (Å²) >= 11 is 0. The van der Waals surface area contributed by atoms with Crippen molar-refractivity contribution < 1.29 is 0 Å². The van der Waals surface area contributed by atoms with Crippen molar-refractivity contribution in [3.8, 4) is 0 Å². The van der Waals surface area contributed by atoms with Crippen molar-refractivity contribution in [3.05, 3.63) is 0 Å². The molecule has 1 heteroatoms. The minimum absolute atomic E-state index is 0.388. The van der Waals surface area contributed by atoms with E-state index in [1.54, 1.807) is 0 Å². The first-order valence-electron chi connectivity index (χ1n) is 5.55. The summed E-state index contributed by atoms with van der Waals surface area (Å²) in [6.45, 7) is 13.9. The molecule has 2 N–H and O–H groups in total. The van der Waals surface area contributed by atoms with Gasteiger partial charge in [0.15, 0.2) is 0 Å².